The van der Waals surface area contributed by atoms with Gasteiger partial charge in [-0.3, -0.25) is 9.59 Å². The Morgan fingerprint density at radius 1 is 0.722 bits per heavy atom. The molecule has 3 aromatic rings. The molecule has 2 aliphatic rings. The van der Waals surface area contributed by atoms with E-state index in [0.29, 0.717) is 31.6 Å². The lowest BCUT2D eigenvalue weighted by atomic mass is 9.91. The van der Waals surface area contributed by atoms with Gasteiger partial charge in [-0.2, -0.15) is 4.31 Å². The molecule has 3 N–H and O–H groups in total. The molecule has 0 aliphatic carbocycles. The van der Waals surface area contributed by atoms with Crippen molar-refractivity contribution in [3.63, 3.8) is 0 Å². The number of hydrogen-bond donors (Lipinski definition) is 3. The number of alkyl halides is 6. The van der Waals surface area contributed by atoms with Crippen molar-refractivity contribution in [3.05, 3.63) is 77.8 Å². The van der Waals surface area contributed by atoms with Crippen LogP contribution in [0.2, 0.25) is 5.02 Å². The highest BCUT2D eigenvalue weighted by Gasteiger charge is 2.44. The number of piperidine rings is 2. The van der Waals surface area contributed by atoms with Gasteiger partial charge in [-0.25, -0.2) is 8.42 Å². The molecule has 0 spiro atoms. The largest absolute Gasteiger partial charge is 0.573 e. The van der Waals surface area contributed by atoms with Crippen LogP contribution in [0.3, 0.4) is 0 Å². The van der Waals surface area contributed by atoms with E-state index in [1.807, 2.05) is 0 Å². The van der Waals surface area contributed by atoms with Crippen molar-refractivity contribution in [3.8, 4) is 11.5 Å². The lowest BCUT2D eigenvalue weighted by Crippen LogP contribution is -2.55. The lowest BCUT2D eigenvalue weighted by molar-refractivity contribution is -0.275. The number of halogens is 7. The SMILES string of the molecule is CN(C(=O)C1(O)CCN(S(=O)(=O)c2ccccc2Cl)CC1)c1ccc(OC(F)(F)F)cc1.CN(C(=O)C1(O)CCNCC1)c1ccc(OC(F)(F)F)cc1. The van der Waals surface area contributed by atoms with Crippen molar-refractivity contribution < 1.29 is 64.0 Å². The van der Waals surface area contributed by atoms with Crippen LogP contribution < -0.4 is 24.6 Å². The summed E-state index contributed by atoms with van der Waals surface area (Å²) < 4.78 is 108. The van der Waals surface area contributed by atoms with Crippen molar-refractivity contribution in [1.82, 2.24) is 9.62 Å². The Morgan fingerprint density at radius 3 is 1.50 bits per heavy atom. The Labute approximate surface area is 311 Å². The fourth-order valence-corrected chi connectivity index (χ4v) is 7.69. The number of rotatable bonds is 8. The predicted molar refractivity (Wildman–Crippen MR) is 185 cm³/mol. The van der Waals surface area contributed by atoms with Gasteiger partial charge in [0.2, 0.25) is 10.0 Å². The highest BCUT2D eigenvalue weighted by molar-refractivity contribution is 7.89. The summed E-state index contributed by atoms with van der Waals surface area (Å²) in [4.78, 5) is 27.5. The number of sulfonamides is 1. The summed E-state index contributed by atoms with van der Waals surface area (Å²) in [5, 5.41) is 24.4. The first-order valence-electron chi connectivity index (χ1n) is 16.2. The summed E-state index contributed by atoms with van der Waals surface area (Å²) in [6.45, 7) is 0.854. The predicted octanol–water partition coefficient (Wildman–Crippen LogP) is 5.08. The van der Waals surface area contributed by atoms with Crippen LogP contribution in [0, 0.1) is 0 Å². The van der Waals surface area contributed by atoms with E-state index in [9.17, 15) is 54.6 Å². The Kier molecular flexibility index (Phi) is 13.2. The van der Waals surface area contributed by atoms with E-state index in [-0.39, 0.29) is 47.3 Å². The molecule has 0 atom stereocenters. The zero-order valence-corrected chi connectivity index (χ0v) is 30.4. The number of aliphatic hydroxyl groups is 2. The molecule has 2 amide bonds. The Balaban J connectivity index is 0.000000258. The smallest absolute Gasteiger partial charge is 0.406 e. The van der Waals surface area contributed by atoms with Gasteiger partial charge in [-0.1, -0.05) is 23.7 Å². The van der Waals surface area contributed by atoms with Crippen LogP contribution in [0.4, 0.5) is 37.7 Å². The summed E-state index contributed by atoms with van der Waals surface area (Å²) in [6, 6.07) is 15.5. The number of hydrogen-bond acceptors (Lipinski definition) is 9. The summed E-state index contributed by atoms with van der Waals surface area (Å²) in [5.74, 6) is -1.98. The number of anilines is 2. The van der Waals surface area contributed by atoms with E-state index in [4.69, 9.17) is 11.6 Å². The molecule has 12 nitrogen and oxygen atoms in total. The molecule has 54 heavy (non-hydrogen) atoms. The van der Waals surface area contributed by atoms with E-state index in [1.54, 1.807) is 12.1 Å². The molecule has 296 valence electrons. The third kappa shape index (κ3) is 10.8. The maximum absolute atomic E-state index is 12.9. The molecule has 0 aromatic heterocycles. The molecule has 2 heterocycles. The number of likely N-dealkylation sites (N-methyl/N-ethyl adjacent to an activating group) is 2. The van der Waals surface area contributed by atoms with E-state index < -0.39 is 51.5 Å². The standard InChI is InChI=1S/C20H20ClF3N2O5S.C14H17F3N2O3/c1-25(14-6-8-15(9-7-14)31-20(22,23)24)18(27)19(28)10-12-26(13-11-19)32(29,30)17-5-3-2-4-16(17)21;1-19(12(20)13(21)6-8-18-9-7-13)10-2-4-11(5-3-10)22-14(15,16)17/h2-9,28H,10-13H2,1H3;2-5,18,21H,6-9H2,1H3. The highest BCUT2D eigenvalue weighted by atomic mass is 35.5. The molecule has 20 heteroatoms. The second-order valence-electron chi connectivity index (χ2n) is 12.5. The Hall–Kier alpha value is -4.14. The normalized spacial score (nSPS) is 17.4. The first kappa shape index (κ1) is 42.6. The number of carbonyl (C=O) groups is 2. The quantitative estimate of drug-likeness (QED) is 0.265. The van der Waals surface area contributed by atoms with Gasteiger partial charge in [-0.15, -0.1) is 26.3 Å². The summed E-state index contributed by atoms with van der Waals surface area (Å²) in [5.41, 5.74) is -2.65. The monoisotopic (exact) mass is 810 g/mol. The number of ether oxygens (including phenoxy) is 2. The number of benzene rings is 3. The third-order valence-corrected chi connectivity index (χ3v) is 11.2. The molecule has 2 fully saturated rings. The number of nitrogens with zero attached hydrogens (tertiary/aromatic N) is 3. The number of nitrogens with one attached hydrogen (secondary N) is 1. The van der Waals surface area contributed by atoms with Crippen molar-refractivity contribution in [2.75, 3.05) is 50.1 Å². The molecule has 5 rings (SSSR count). The second-order valence-corrected chi connectivity index (χ2v) is 14.8. The Morgan fingerprint density at radius 2 is 1.11 bits per heavy atom. The van der Waals surface area contributed by atoms with Crippen LogP contribution in [0.1, 0.15) is 25.7 Å². The van der Waals surface area contributed by atoms with Gasteiger partial charge < -0.3 is 34.8 Å². The molecule has 0 bridgehead atoms. The average molecular weight is 811 g/mol. The summed E-state index contributed by atoms with van der Waals surface area (Å²) in [6.07, 6.45) is -9.31. The van der Waals surface area contributed by atoms with Gasteiger partial charge in [0, 0.05) is 38.6 Å². The van der Waals surface area contributed by atoms with Gasteiger partial charge in [0.05, 0.1) is 5.02 Å². The van der Waals surface area contributed by atoms with E-state index in [0.717, 1.165) is 33.5 Å². The number of amides is 2. The van der Waals surface area contributed by atoms with Crippen molar-refractivity contribution in [2.24, 2.45) is 0 Å². The second kappa shape index (κ2) is 16.7. The van der Waals surface area contributed by atoms with Gasteiger partial charge in [0.25, 0.3) is 11.8 Å². The van der Waals surface area contributed by atoms with Crippen molar-refractivity contribution in [1.29, 1.82) is 0 Å². The van der Waals surface area contributed by atoms with Crippen molar-refractivity contribution >= 4 is 44.8 Å². The van der Waals surface area contributed by atoms with Crippen LogP contribution in [0.25, 0.3) is 0 Å². The van der Waals surface area contributed by atoms with Gasteiger partial charge in [-0.05, 0) is 99.4 Å². The van der Waals surface area contributed by atoms with Crippen molar-refractivity contribution in [2.45, 2.75) is 54.5 Å². The molecule has 0 radical (unpaired) electrons. The molecule has 0 saturated carbocycles. The van der Waals surface area contributed by atoms with Crippen LogP contribution in [0.5, 0.6) is 11.5 Å². The lowest BCUT2D eigenvalue weighted by Gasteiger charge is -2.38. The molecule has 0 unspecified atom stereocenters. The van der Waals surface area contributed by atoms with Gasteiger partial charge in [0.1, 0.15) is 27.6 Å². The van der Waals surface area contributed by atoms with Gasteiger partial charge in [0.15, 0.2) is 0 Å². The van der Waals surface area contributed by atoms with Crippen LogP contribution in [-0.2, 0) is 19.6 Å². The number of carbonyl (C=O) groups excluding carboxylic acids is 2. The Bertz CT molecular complexity index is 1870. The average Bonchev–Trinajstić information content (AvgIpc) is 3.10. The van der Waals surface area contributed by atoms with E-state index in [2.05, 4.69) is 14.8 Å². The van der Waals surface area contributed by atoms with E-state index >= 15 is 0 Å². The van der Waals surface area contributed by atoms with Crippen LogP contribution >= 0.6 is 11.6 Å². The molecule has 2 aliphatic heterocycles. The minimum absolute atomic E-state index is 0.0586. The van der Waals surface area contributed by atoms with Gasteiger partial charge >= 0.3 is 12.7 Å². The molecule has 2 saturated heterocycles. The first-order chi connectivity index (χ1) is 25.0. The zero-order valence-electron chi connectivity index (χ0n) is 28.8. The van der Waals surface area contributed by atoms with E-state index in [1.165, 1.54) is 55.4 Å². The molecular weight excluding hydrogens is 774 g/mol. The van der Waals surface area contributed by atoms with Crippen LogP contribution in [-0.4, -0.2) is 99.0 Å². The summed E-state index contributed by atoms with van der Waals surface area (Å²) >= 11 is 6.00. The maximum Gasteiger partial charge on any atom is 0.573 e. The topological polar surface area (TPSA) is 149 Å². The zero-order chi connectivity index (χ0) is 40.1. The first-order valence-corrected chi connectivity index (χ1v) is 18.0. The highest BCUT2D eigenvalue weighted by Crippen LogP contribution is 2.33. The third-order valence-electron chi connectivity index (χ3n) is 8.76. The molecule has 3 aromatic carbocycles. The fraction of sp³-hybridized carbons (Fsp3) is 0.412. The summed E-state index contributed by atoms with van der Waals surface area (Å²) in [7, 11) is -1.06. The maximum atomic E-state index is 12.9. The van der Waals surface area contributed by atoms with Crippen LogP contribution in [0.15, 0.2) is 77.7 Å². The molecular formula is C34H37ClF6N4O8S. The minimum atomic E-state index is -4.84. The fourth-order valence-electron chi connectivity index (χ4n) is 5.76. The minimum Gasteiger partial charge on any atom is -0.406 e.